The van der Waals surface area contributed by atoms with Gasteiger partial charge >= 0.3 is 0 Å². The van der Waals surface area contributed by atoms with Gasteiger partial charge in [-0.15, -0.1) is 0 Å². The first-order valence-electron chi connectivity index (χ1n) is 6.15. The highest BCUT2D eigenvalue weighted by Crippen LogP contribution is 2.31. The van der Waals surface area contributed by atoms with Crippen LogP contribution in [0.15, 0.2) is 48.8 Å². The zero-order valence-electron chi connectivity index (χ0n) is 10.7. The first-order valence-corrected chi connectivity index (χ1v) is 6.15. The van der Waals surface area contributed by atoms with Crippen LogP contribution in [-0.2, 0) is 0 Å². The molecule has 0 amide bonds. The normalized spacial score (nSPS) is 12.7. The largest absolute Gasteiger partial charge is 0.264 e. The van der Waals surface area contributed by atoms with Gasteiger partial charge in [0.2, 0.25) is 0 Å². The zero-order valence-corrected chi connectivity index (χ0v) is 10.7. The Kier molecular flexibility index (Phi) is 3.58. The van der Waals surface area contributed by atoms with E-state index in [4.69, 9.17) is 0 Å². The van der Waals surface area contributed by atoms with Crippen molar-refractivity contribution < 1.29 is 0 Å². The van der Waals surface area contributed by atoms with Gasteiger partial charge in [-0.1, -0.05) is 49.7 Å². The van der Waals surface area contributed by atoms with Crippen LogP contribution in [0, 0.1) is 12.8 Å². The molecule has 2 aromatic rings. The van der Waals surface area contributed by atoms with Crippen molar-refractivity contribution >= 4 is 0 Å². The Morgan fingerprint density at radius 3 is 2.18 bits per heavy atom. The fraction of sp³-hybridized carbons (Fsp3) is 0.312. The predicted molar refractivity (Wildman–Crippen MR) is 72.1 cm³/mol. The summed E-state index contributed by atoms with van der Waals surface area (Å²) in [5.74, 6) is 1.01. The van der Waals surface area contributed by atoms with Crippen LogP contribution in [0.2, 0.25) is 0 Å². The van der Waals surface area contributed by atoms with E-state index < -0.39 is 0 Å². The first kappa shape index (κ1) is 11.8. The lowest BCUT2D eigenvalue weighted by molar-refractivity contribution is 0.562. The lowest BCUT2D eigenvalue weighted by Gasteiger charge is -2.21. The number of hydrogen-bond acceptors (Lipinski definition) is 1. The molecule has 0 spiro atoms. The van der Waals surface area contributed by atoms with Crippen LogP contribution in [0.4, 0.5) is 0 Å². The van der Waals surface area contributed by atoms with E-state index >= 15 is 0 Å². The number of rotatable bonds is 3. The molecule has 1 nitrogen and oxygen atoms in total. The molecule has 1 heteroatoms. The van der Waals surface area contributed by atoms with Crippen molar-refractivity contribution in [1.82, 2.24) is 4.98 Å². The summed E-state index contributed by atoms with van der Waals surface area (Å²) in [6, 6.07) is 13.0. The summed E-state index contributed by atoms with van der Waals surface area (Å²) < 4.78 is 0. The minimum Gasteiger partial charge on any atom is -0.264 e. The third-order valence-electron chi connectivity index (χ3n) is 3.15. The summed E-state index contributed by atoms with van der Waals surface area (Å²) in [7, 11) is 0. The molecule has 0 aliphatic carbocycles. The summed E-state index contributed by atoms with van der Waals surface area (Å²) >= 11 is 0. The fourth-order valence-corrected chi connectivity index (χ4v) is 2.30. The highest BCUT2D eigenvalue weighted by Gasteiger charge is 2.17. The molecule has 0 bridgehead atoms. The first-order chi connectivity index (χ1) is 8.18. The average Bonchev–Trinajstić information content (AvgIpc) is 2.33. The molecular formula is C16H19N. The summed E-state index contributed by atoms with van der Waals surface area (Å²) in [5.41, 5.74) is 3.98. The van der Waals surface area contributed by atoms with Crippen LogP contribution in [0.25, 0.3) is 0 Å². The van der Waals surface area contributed by atoms with Crippen molar-refractivity contribution in [3.05, 3.63) is 65.5 Å². The Balaban J connectivity index is 2.39. The average molecular weight is 225 g/mol. The molecule has 0 fully saturated rings. The molecule has 1 aromatic heterocycles. The second-order valence-corrected chi connectivity index (χ2v) is 4.92. The minimum absolute atomic E-state index is 0.435. The van der Waals surface area contributed by atoms with Crippen molar-refractivity contribution in [3.63, 3.8) is 0 Å². The number of hydrogen-bond donors (Lipinski definition) is 0. The van der Waals surface area contributed by atoms with Gasteiger partial charge in [0.15, 0.2) is 0 Å². The third-order valence-corrected chi connectivity index (χ3v) is 3.15. The molecule has 1 atom stereocenters. The van der Waals surface area contributed by atoms with Crippen molar-refractivity contribution in [2.45, 2.75) is 26.7 Å². The second-order valence-electron chi connectivity index (χ2n) is 4.92. The van der Waals surface area contributed by atoms with Gasteiger partial charge < -0.3 is 0 Å². The smallest absolute Gasteiger partial charge is 0.0306 e. The Labute approximate surface area is 104 Å². The zero-order chi connectivity index (χ0) is 12.3. The topological polar surface area (TPSA) is 12.9 Å². The Morgan fingerprint density at radius 1 is 0.941 bits per heavy atom. The molecule has 17 heavy (non-hydrogen) atoms. The van der Waals surface area contributed by atoms with Crippen LogP contribution in [0.3, 0.4) is 0 Å². The summed E-state index contributed by atoms with van der Waals surface area (Å²) in [6.07, 6.45) is 3.81. The third kappa shape index (κ3) is 2.73. The molecule has 0 radical (unpaired) electrons. The van der Waals surface area contributed by atoms with Gasteiger partial charge in [-0.2, -0.15) is 0 Å². The van der Waals surface area contributed by atoms with Crippen LogP contribution >= 0.6 is 0 Å². The highest BCUT2D eigenvalue weighted by molar-refractivity contribution is 5.33. The van der Waals surface area contributed by atoms with Gasteiger partial charge in [0.05, 0.1) is 0 Å². The molecule has 2 rings (SSSR count). The molecule has 0 aliphatic rings. The van der Waals surface area contributed by atoms with E-state index in [0.29, 0.717) is 11.8 Å². The molecule has 0 saturated carbocycles. The lowest BCUT2D eigenvalue weighted by Crippen LogP contribution is -2.08. The van der Waals surface area contributed by atoms with E-state index in [0.717, 1.165) is 0 Å². The molecule has 0 aliphatic heterocycles. The fourth-order valence-electron chi connectivity index (χ4n) is 2.30. The molecule has 0 saturated heterocycles. The summed E-state index contributed by atoms with van der Waals surface area (Å²) in [4.78, 5) is 4.23. The Morgan fingerprint density at radius 2 is 1.65 bits per heavy atom. The number of nitrogens with zero attached hydrogens (tertiary/aromatic N) is 1. The van der Waals surface area contributed by atoms with Gasteiger partial charge in [-0.3, -0.25) is 4.98 Å². The van der Waals surface area contributed by atoms with Gasteiger partial charge in [-0.05, 0) is 30.0 Å². The van der Waals surface area contributed by atoms with E-state index in [1.807, 2.05) is 18.5 Å². The van der Waals surface area contributed by atoms with Crippen molar-refractivity contribution in [3.8, 4) is 0 Å². The SMILES string of the molecule is Cc1ccc(C(c2cccnc2)C(C)C)cc1. The van der Waals surface area contributed by atoms with E-state index in [1.165, 1.54) is 16.7 Å². The summed E-state index contributed by atoms with van der Waals surface area (Å²) in [6.45, 7) is 6.65. The van der Waals surface area contributed by atoms with Gasteiger partial charge in [0.25, 0.3) is 0 Å². The van der Waals surface area contributed by atoms with Crippen LogP contribution in [0.1, 0.15) is 36.5 Å². The van der Waals surface area contributed by atoms with E-state index in [9.17, 15) is 0 Å². The molecule has 1 heterocycles. The second kappa shape index (κ2) is 5.13. The Bertz CT molecular complexity index is 457. The Hall–Kier alpha value is -1.63. The number of aryl methyl sites for hydroxylation is 1. The molecule has 0 N–H and O–H groups in total. The van der Waals surface area contributed by atoms with Crippen LogP contribution in [-0.4, -0.2) is 4.98 Å². The number of pyridine rings is 1. The van der Waals surface area contributed by atoms with Crippen molar-refractivity contribution in [2.75, 3.05) is 0 Å². The van der Waals surface area contributed by atoms with Crippen LogP contribution in [0.5, 0.6) is 0 Å². The van der Waals surface area contributed by atoms with Gasteiger partial charge in [0, 0.05) is 18.3 Å². The van der Waals surface area contributed by atoms with E-state index in [1.54, 1.807) is 0 Å². The van der Waals surface area contributed by atoms with Crippen LogP contribution < -0.4 is 0 Å². The predicted octanol–water partition coefficient (Wildman–Crippen LogP) is 4.18. The van der Waals surface area contributed by atoms with Crippen molar-refractivity contribution in [1.29, 1.82) is 0 Å². The lowest BCUT2D eigenvalue weighted by atomic mass is 9.83. The quantitative estimate of drug-likeness (QED) is 0.763. The maximum absolute atomic E-state index is 4.23. The van der Waals surface area contributed by atoms with Crippen molar-refractivity contribution in [2.24, 2.45) is 5.92 Å². The maximum atomic E-state index is 4.23. The standard InChI is InChI=1S/C16H19N/c1-12(2)16(15-5-4-10-17-11-15)14-8-6-13(3)7-9-14/h4-12,16H,1-3H3. The van der Waals surface area contributed by atoms with E-state index in [2.05, 4.69) is 56.1 Å². The number of aromatic nitrogens is 1. The highest BCUT2D eigenvalue weighted by atomic mass is 14.6. The van der Waals surface area contributed by atoms with Gasteiger partial charge in [0.1, 0.15) is 0 Å². The molecule has 1 unspecified atom stereocenters. The summed E-state index contributed by atoms with van der Waals surface area (Å²) in [5, 5.41) is 0. The minimum atomic E-state index is 0.435. The monoisotopic (exact) mass is 225 g/mol. The molecular weight excluding hydrogens is 206 g/mol. The molecule has 88 valence electrons. The number of benzene rings is 1. The maximum Gasteiger partial charge on any atom is 0.0306 e. The molecule has 1 aromatic carbocycles. The van der Waals surface area contributed by atoms with Gasteiger partial charge in [-0.25, -0.2) is 0 Å². The van der Waals surface area contributed by atoms with E-state index in [-0.39, 0.29) is 0 Å².